The predicted octanol–water partition coefficient (Wildman–Crippen LogP) is 4.34. The summed E-state index contributed by atoms with van der Waals surface area (Å²) >= 11 is 0. The van der Waals surface area contributed by atoms with Gasteiger partial charge in [0.15, 0.2) is 0 Å². The third kappa shape index (κ3) is 7.64. The molecule has 2 atom stereocenters. The van der Waals surface area contributed by atoms with Crippen LogP contribution in [0.2, 0.25) is 0 Å². The summed E-state index contributed by atoms with van der Waals surface area (Å²) in [6.07, 6.45) is 4.44. The van der Waals surface area contributed by atoms with E-state index >= 15 is 0 Å². The molecule has 0 heterocycles. The Bertz CT molecular complexity index is 872. The first-order valence-electron chi connectivity index (χ1n) is 12.2. The molecule has 3 amide bonds. The van der Waals surface area contributed by atoms with Gasteiger partial charge in [0.05, 0.1) is 0 Å². The molecule has 1 aromatic carbocycles. The van der Waals surface area contributed by atoms with Crippen LogP contribution in [0.5, 0.6) is 5.75 Å². The van der Waals surface area contributed by atoms with E-state index in [0.717, 1.165) is 32.1 Å². The number of nitrogens with one attached hydrogen (secondary N) is 2. The SMILES string of the molecule is Cc1cc(C(C(=O)NC2CCCCC2)N(C(=O)C(C)NC(=O)OC(C)(C)C)C(C)C)ccc1O. The molecule has 0 radical (unpaired) electrons. The van der Waals surface area contributed by atoms with Gasteiger partial charge in [-0.2, -0.15) is 0 Å². The molecule has 1 aliphatic carbocycles. The maximum absolute atomic E-state index is 13.6. The van der Waals surface area contributed by atoms with Gasteiger partial charge in [-0.25, -0.2) is 4.79 Å². The van der Waals surface area contributed by atoms with Crippen molar-refractivity contribution in [2.45, 2.75) is 110 Å². The van der Waals surface area contributed by atoms with Crippen molar-refractivity contribution in [3.63, 3.8) is 0 Å². The van der Waals surface area contributed by atoms with E-state index in [1.165, 1.54) is 11.0 Å². The number of rotatable bonds is 7. The largest absolute Gasteiger partial charge is 0.508 e. The second-order valence-corrected chi connectivity index (χ2v) is 10.5. The Morgan fingerprint density at radius 3 is 2.24 bits per heavy atom. The Labute approximate surface area is 203 Å². The minimum Gasteiger partial charge on any atom is -0.508 e. The first kappa shape index (κ1) is 27.5. The maximum atomic E-state index is 13.6. The zero-order chi connectivity index (χ0) is 25.6. The highest BCUT2D eigenvalue weighted by molar-refractivity contribution is 5.92. The summed E-state index contributed by atoms with van der Waals surface area (Å²) in [6.45, 7) is 12.3. The Morgan fingerprint density at radius 2 is 1.71 bits per heavy atom. The number of aromatic hydroxyl groups is 1. The van der Waals surface area contributed by atoms with E-state index in [1.54, 1.807) is 46.8 Å². The molecule has 2 rings (SSSR count). The highest BCUT2D eigenvalue weighted by Crippen LogP contribution is 2.29. The van der Waals surface area contributed by atoms with Crippen LogP contribution in [0, 0.1) is 6.92 Å². The zero-order valence-electron chi connectivity index (χ0n) is 21.6. The van der Waals surface area contributed by atoms with E-state index in [2.05, 4.69) is 10.6 Å². The monoisotopic (exact) mass is 475 g/mol. The molecule has 1 fully saturated rings. The minimum absolute atomic E-state index is 0.0726. The fraction of sp³-hybridized carbons (Fsp3) is 0.654. The molecule has 1 aromatic rings. The summed E-state index contributed by atoms with van der Waals surface area (Å²) < 4.78 is 5.29. The predicted molar refractivity (Wildman–Crippen MR) is 131 cm³/mol. The molecule has 190 valence electrons. The second kappa shape index (κ2) is 11.6. The van der Waals surface area contributed by atoms with Crippen LogP contribution in [0.15, 0.2) is 18.2 Å². The van der Waals surface area contributed by atoms with Gasteiger partial charge in [-0.15, -0.1) is 0 Å². The van der Waals surface area contributed by atoms with Gasteiger partial charge >= 0.3 is 6.09 Å². The van der Waals surface area contributed by atoms with Gasteiger partial charge in [0.2, 0.25) is 11.8 Å². The lowest BCUT2D eigenvalue weighted by Gasteiger charge is -2.37. The maximum Gasteiger partial charge on any atom is 0.408 e. The number of alkyl carbamates (subject to hydrolysis) is 1. The van der Waals surface area contributed by atoms with Gasteiger partial charge in [-0.1, -0.05) is 25.3 Å². The van der Waals surface area contributed by atoms with Gasteiger partial charge in [-0.05, 0) is 84.6 Å². The average Bonchev–Trinajstić information content (AvgIpc) is 2.72. The Hall–Kier alpha value is -2.77. The summed E-state index contributed by atoms with van der Waals surface area (Å²) in [5, 5.41) is 15.8. The van der Waals surface area contributed by atoms with Crippen LogP contribution in [-0.2, 0) is 14.3 Å². The molecule has 1 saturated carbocycles. The quantitative estimate of drug-likeness (QED) is 0.544. The van der Waals surface area contributed by atoms with Crippen LogP contribution in [0.4, 0.5) is 4.79 Å². The van der Waals surface area contributed by atoms with Crippen LogP contribution in [-0.4, -0.2) is 51.6 Å². The molecule has 0 aromatic heterocycles. The number of benzene rings is 1. The molecule has 2 unspecified atom stereocenters. The molecule has 8 heteroatoms. The molecule has 1 aliphatic rings. The number of aryl methyl sites for hydroxylation is 1. The number of phenols is 1. The number of ether oxygens (including phenoxy) is 1. The summed E-state index contributed by atoms with van der Waals surface area (Å²) in [4.78, 5) is 41.0. The highest BCUT2D eigenvalue weighted by Gasteiger charge is 2.37. The molecule has 3 N–H and O–H groups in total. The zero-order valence-corrected chi connectivity index (χ0v) is 21.6. The summed E-state index contributed by atoms with van der Waals surface area (Å²) in [5.41, 5.74) is 0.524. The third-order valence-electron chi connectivity index (χ3n) is 5.93. The standard InChI is InChI=1S/C26H41N3O5/c1-16(2)29(24(32)18(4)27-25(33)34-26(5,6)7)22(19-13-14-21(30)17(3)15-19)23(31)28-20-11-9-8-10-12-20/h13-16,18,20,22,30H,8-12H2,1-7H3,(H,27,33)(H,28,31). The van der Waals surface area contributed by atoms with Crippen LogP contribution in [0.25, 0.3) is 0 Å². The number of phenolic OH excluding ortho intramolecular Hbond substituents is 1. The fourth-order valence-electron chi connectivity index (χ4n) is 4.26. The van der Waals surface area contributed by atoms with E-state index in [0.29, 0.717) is 11.1 Å². The molecule has 0 saturated heterocycles. The minimum atomic E-state index is -0.906. The number of hydrogen-bond donors (Lipinski definition) is 3. The lowest BCUT2D eigenvalue weighted by atomic mass is 9.94. The van der Waals surface area contributed by atoms with Crippen molar-refractivity contribution < 1.29 is 24.2 Å². The smallest absolute Gasteiger partial charge is 0.408 e. The molecule has 8 nitrogen and oxygen atoms in total. The van der Waals surface area contributed by atoms with E-state index in [1.807, 2.05) is 13.8 Å². The number of carbonyl (C=O) groups excluding carboxylic acids is 3. The van der Waals surface area contributed by atoms with E-state index in [-0.39, 0.29) is 23.7 Å². The first-order chi connectivity index (χ1) is 15.8. The molecule has 34 heavy (non-hydrogen) atoms. The Kier molecular flexibility index (Phi) is 9.36. The summed E-state index contributed by atoms with van der Waals surface area (Å²) in [7, 11) is 0. The first-order valence-corrected chi connectivity index (χ1v) is 12.2. The van der Waals surface area contributed by atoms with E-state index < -0.39 is 29.7 Å². The number of carbonyl (C=O) groups is 3. The highest BCUT2D eigenvalue weighted by atomic mass is 16.6. The van der Waals surface area contributed by atoms with Crippen LogP contribution in [0.1, 0.15) is 90.8 Å². The van der Waals surface area contributed by atoms with Crippen LogP contribution in [0.3, 0.4) is 0 Å². The second-order valence-electron chi connectivity index (χ2n) is 10.5. The van der Waals surface area contributed by atoms with E-state index in [9.17, 15) is 19.5 Å². The lowest BCUT2D eigenvalue weighted by Crippen LogP contribution is -2.55. The topological polar surface area (TPSA) is 108 Å². The van der Waals surface area contributed by atoms with Gasteiger partial charge in [0.25, 0.3) is 0 Å². The van der Waals surface area contributed by atoms with Crippen molar-refractivity contribution in [3.05, 3.63) is 29.3 Å². The van der Waals surface area contributed by atoms with Gasteiger partial charge in [-0.3, -0.25) is 9.59 Å². The van der Waals surface area contributed by atoms with Crippen molar-refractivity contribution in [3.8, 4) is 5.75 Å². The molecular formula is C26H41N3O5. The Morgan fingerprint density at radius 1 is 1.09 bits per heavy atom. The molecule has 0 bridgehead atoms. The van der Waals surface area contributed by atoms with Crippen molar-refractivity contribution >= 4 is 17.9 Å². The van der Waals surface area contributed by atoms with Gasteiger partial charge in [0.1, 0.15) is 23.4 Å². The van der Waals surface area contributed by atoms with Crippen molar-refractivity contribution in [2.75, 3.05) is 0 Å². The van der Waals surface area contributed by atoms with Crippen LogP contribution >= 0.6 is 0 Å². The van der Waals surface area contributed by atoms with Crippen molar-refractivity contribution in [1.29, 1.82) is 0 Å². The lowest BCUT2D eigenvalue weighted by molar-refractivity contribution is -0.144. The third-order valence-corrected chi connectivity index (χ3v) is 5.93. The number of nitrogens with zero attached hydrogens (tertiary/aromatic N) is 1. The van der Waals surface area contributed by atoms with Crippen molar-refractivity contribution in [2.24, 2.45) is 0 Å². The molecule has 0 aliphatic heterocycles. The number of hydrogen-bond acceptors (Lipinski definition) is 5. The van der Waals surface area contributed by atoms with Crippen LogP contribution < -0.4 is 10.6 Å². The molecular weight excluding hydrogens is 434 g/mol. The normalized spacial score (nSPS) is 16.5. The number of amides is 3. The average molecular weight is 476 g/mol. The summed E-state index contributed by atoms with van der Waals surface area (Å²) in [6, 6.07) is 2.88. The summed E-state index contributed by atoms with van der Waals surface area (Å²) in [5.74, 6) is -0.531. The van der Waals surface area contributed by atoms with Gasteiger partial charge < -0.3 is 25.4 Å². The van der Waals surface area contributed by atoms with Gasteiger partial charge in [0, 0.05) is 12.1 Å². The Balaban J connectivity index is 2.36. The molecule has 0 spiro atoms. The van der Waals surface area contributed by atoms with E-state index in [4.69, 9.17) is 4.74 Å². The fourth-order valence-corrected chi connectivity index (χ4v) is 4.26. The van der Waals surface area contributed by atoms with Crippen molar-refractivity contribution in [1.82, 2.24) is 15.5 Å².